The molecule has 6 nitrogen and oxygen atoms in total. The Hall–Kier alpha value is -1.47. The first-order valence-electron chi connectivity index (χ1n) is 9.17. The van der Waals surface area contributed by atoms with Gasteiger partial charge in [-0.25, -0.2) is 0 Å². The molecule has 2 aliphatic heterocycles. The van der Waals surface area contributed by atoms with Crippen molar-refractivity contribution in [3.63, 3.8) is 0 Å². The van der Waals surface area contributed by atoms with Crippen molar-refractivity contribution in [3.8, 4) is 0 Å². The number of nitrogens with zero attached hydrogens (tertiary/aromatic N) is 1. The zero-order valence-electron chi connectivity index (χ0n) is 15.6. The number of benzene rings is 1. The topological polar surface area (TPSA) is 65.6 Å². The molecule has 138 valence electrons. The Morgan fingerprint density at radius 3 is 2.60 bits per heavy atom. The molecule has 3 rings (SSSR count). The molecule has 2 heterocycles. The van der Waals surface area contributed by atoms with Gasteiger partial charge in [0.2, 0.25) is 5.91 Å². The van der Waals surface area contributed by atoms with Crippen molar-refractivity contribution in [2.75, 3.05) is 19.7 Å². The molecule has 25 heavy (non-hydrogen) atoms. The van der Waals surface area contributed by atoms with Gasteiger partial charge in [-0.05, 0) is 38.8 Å². The van der Waals surface area contributed by atoms with E-state index < -0.39 is 0 Å². The molecule has 2 fully saturated rings. The van der Waals surface area contributed by atoms with E-state index in [0.29, 0.717) is 13.2 Å². The number of carbonyl (C=O) groups excluding carboxylic acids is 1. The van der Waals surface area contributed by atoms with Crippen molar-refractivity contribution in [2.45, 2.75) is 58.0 Å². The van der Waals surface area contributed by atoms with Crippen LogP contribution in [-0.2, 0) is 9.53 Å². The van der Waals surface area contributed by atoms with Gasteiger partial charge in [-0.1, -0.05) is 24.3 Å². The number of ether oxygens (including phenoxy) is 1. The van der Waals surface area contributed by atoms with Crippen LogP contribution in [0.4, 0.5) is 0 Å². The van der Waals surface area contributed by atoms with Gasteiger partial charge in [0.1, 0.15) is 0 Å². The maximum absolute atomic E-state index is 12.6. The highest BCUT2D eigenvalue weighted by molar-refractivity contribution is 5.78. The Kier molecular flexibility index (Phi) is 5.74. The number of amides is 1. The second-order valence-corrected chi connectivity index (χ2v) is 7.42. The van der Waals surface area contributed by atoms with Gasteiger partial charge in [-0.15, -0.1) is 0 Å². The maximum atomic E-state index is 12.6. The quantitative estimate of drug-likeness (QED) is 0.763. The number of nitrogens with one attached hydrogen (secondary N) is 3. The van der Waals surface area contributed by atoms with Crippen LogP contribution < -0.4 is 16.2 Å². The van der Waals surface area contributed by atoms with Crippen molar-refractivity contribution in [1.29, 1.82) is 0 Å². The molecular formula is C19H30N4O2. The number of morpholine rings is 1. The molecule has 4 atom stereocenters. The van der Waals surface area contributed by atoms with E-state index in [2.05, 4.69) is 60.9 Å². The highest BCUT2D eigenvalue weighted by Gasteiger charge is 2.33. The fourth-order valence-electron chi connectivity index (χ4n) is 3.70. The van der Waals surface area contributed by atoms with E-state index >= 15 is 0 Å². The molecule has 6 heteroatoms. The van der Waals surface area contributed by atoms with E-state index in [0.717, 1.165) is 6.54 Å². The summed E-state index contributed by atoms with van der Waals surface area (Å²) in [5.41, 5.74) is 8.79. The predicted octanol–water partition coefficient (Wildman–Crippen LogP) is 1.13. The Bertz CT molecular complexity index is 599. The van der Waals surface area contributed by atoms with Crippen LogP contribution in [0, 0.1) is 6.92 Å². The van der Waals surface area contributed by atoms with E-state index in [9.17, 15) is 4.79 Å². The molecule has 3 N–H and O–H groups in total. The molecule has 1 aromatic rings. The van der Waals surface area contributed by atoms with Gasteiger partial charge in [0.15, 0.2) is 0 Å². The summed E-state index contributed by atoms with van der Waals surface area (Å²) >= 11 is 0. The van der Waals surface area contributed by atoms with Crippen molar-refractivity contribution in [2.24, 2.45) is 0 Å². The molecular weight excluding hydrogens is 316 g/mol. The third-order valence-electron chi connectivity index (χ3n) is 5.39. The van der Waals surface area contributed by atoms with Crippen LogP contribution in [0.1, 0.15) is 38.0 Å². The predicted molar refractivity (Wildman–Crippen MR) is 98.0 cm³/mol. The molecule has 4 unspecified atom stereocenters. The lowest BCUT2D eigenvalue weighted by atomic mass is 10.0. The minimum atomic E-state index is 0.0258. The van der Waals surface area contributed by atoms with E-state index in [1.807, 2.05) is 12.1 Å². The van der Waals surface area contributed by atoms with Gasteiger partial charge in [0.25, 0.3) is 0 Å². The normalized spacial score (nSPS) is 33.4. The number of hydrogen-bond donors (Lipinski definition) is 3. The summed E-state index contributed by atoms with van der Waals surface area (Å²) in [5.74, 6) is 0.0754. The lowest BCUT2D eigenvalue weighted by molar-refractivity contribution is -0.127. The number of hydrogen-bond acceptors (Lipinski definition) is 5. The molecule has 0 aliphatic carbocycles. The third kappa shape index (κ3) is 4.20. The molecule has 1 amide bonds. The summed E-state index contributed by atoms with van der Waals surface area (Å²) in [6, 6.07) is 9.10. The number of hydrazine groups is 1. The minimum Gasteiger partial charge on any atom is -0.371 e. The maximum Gasteiger partial charge on any atom is 0.234 e. The van der Waals surface area contributed by atoms with Crippen LogP contribution in [0.2, 0.25) is 0 Å². The highest BCUT2D eigenvalue weighted by atomic mass is 16.5. The molecule has 0 saturated carbocycles. The van der Waals surface area contributed by atoms with E-state index in [1.165, 1.54) is 11.1 Å². The largest absolute Gasteiger partial charge is 0.371 e. The van der Waals surface area contributed by atoms with E-state index in [1.54, 1.807) is 0 Å². The first-order chi connectivity index (χ1) is 12.0. The summed E-state index contributed by atoms with van der Waals surface area (Å²) in [4.78, 5) is 14.8. The number of aryl methyl sites for hydroxylation is 1. The Balaban J connectivity index is 1.61. The first-order valence-corrected chi connectivity index (χ1v) is 9.17. The van der Waals surface area contributed by atoms with Crippen molar-refractivity contribution in [3.05, 3.63) is 35.4 Å². The number of rotatable bonds is 4. The van der Waals surface area contributed by atoms with E-state index in [-0.39, 0.29) is 36.2 Å². The van der Waals surface area contributed by atoms with Crippen LogP contribution >= 0.6 is 0 Å². The second kappa shape index (κ2) is 7.83. The highest BCUT2D eigenvalue weighted by Crippen LogP contribution is 2.26. The second-order valence-electron chi connectivity index (χ2n) is 7.42. The van der Waals surface area contributed by atoms with Crippen LogP contribution in [0.15, 0.2) is 24.3 Å². The molecule has 0 spiro atoms. The summed E-state index contributed by atoms with van der Waals surface area (Å²) in [5, 5.41) is 3.17. The van der Waals surface area contributed by atoms with Gasteiger partial charge in [-0.2, -0.15) is 0 Å². The summed E-state index contributed by atoms with van der Waals surface area (Å²) < 4.78 is 6.04. The lowest BCUT2D eigenvalue weighted by Crippen LogP contribution is -2.53. The zero-order chi connectivity index (χ0) is 18.0. The van der Waals surface area contributed by atoms with E-state index in [4.69, 9.17) is 4.74 Å². The smallest absolute Gasteiger partial charge is 0.234 e. The van der Waals surface area contributed by atoms with Crippen molar-refractivity contribution in [1.82, 2.24) is 21.1 Å². The van der Waals surface area contributed by atoms with Gasteiger partial charge >= 0.3 is 0 Å². The van der Waals surface area contributed by atoms with Crippen LogP contribution in [0.3, 0.4) is 0 Å². The molecule has 0 aromatic heterocycles. The average molecular weight is 346 g/mol. The standard InChI is InChI=1S/C19H30N4O2/c1-12-7-5-6-8-16(12)17-9-23(13(2)11-25-17)10-18(24)20-19-14(3)21-22-15(19)4/h5-8,13-15,17,19,21-22H,9-11H2,1-4H3,(H,20,24). The molecule has 0 radical (unpaired) electrons. The molecule has 2 saturated heterocycles. The van der Waals surface area contributed by atoms with Gasteiger partial charge < -0.3 is 10.1 Å². The fraction of sp³-hybridized carbons (Fsp3) is 0.632. The fourth-order valence-corrected chi connectivity index (χ4v) is 3.70. The zero-order valence-corrected chi connectivity index (χ0v) is 15.6. The Morgan fingerprint density at radius 1 is 1.24 bits per heavy atom. The van der Waals surface area contributed by atoms with Gasteiger partial charge in [0, 0.05) is 24.7 Å². The summed E-state index contributed by atoms with van der Waals surface area (Å²) in [6.07, 6.45) is 0.0258. The number of carbonyl (C=O) groups is 1. The first kappa shape index (κ1) is 18.3. The average Bonchev–Trinajstić information content (AvgIpc) is 2.89. The van der Waals surface area contributed by atoms with Crippen molar-refractivity contribution < 1.29 is 9.53 Å². The lowest BCUT2D eigenvalue weighted by Gasteiger charge is -2.38. The van der Waals surface area contributed by atoms with Gasteiger partial charge in [-0.3, -0.25) is 20.5 Å². The van der Waals surface area contributed by atoms with Crippen LogP contribution in [0.25, 0.3) is 0 Å². The van der Waals surface area contributed by atoms with Crippen LogP contribution in [-0.4, -0.2) is 54.7 Å². The monoisotopic (exact) mass is 346 g/mol. The Morgan fingerprint density at radius 2 is 1.92 bits per heavy atom. The van der Waals surface area contributed by atoms with Crippen molar-refractivity contribution >= 4 is 5.91 Å². The molecule has 0 bridgehead atoms. The van der Waals surface area contributed by atoms with Gasteiger partial charge in [0.05, 0.1) is 25.3 Å². The van der Waals surface area contributed by atoms with Crippen LogP contribution in [0.5, 0.6) is 0 Å². The minimum absolute atomic E-state index is 0.0258. The molecule has 2 aliphatic rings. The molecule has 1 aromatic carbocycles. The SMILES string of the molecule is Cc1ccccc1C1CN(CC(=O)NC2C(C)NNC2C)C(C)CO1. The Labute approximate surface area is 150 Å². The third-order valence-corrected chi connectivity index (χ3v) is 5.39. The summed E-state index contributed by atoms with van der Waals surface area (Å²) in [7, 11) is 0. The summed E-state index contributed by atoms with van der Waals surface area (Å²) in [6.45, 7) is 10.2.